The van der Waals surface area contributed by atoms with Crippen LogP contribution in [0.15, 0.2) is 29.2 Å². The Hall–Kier alpha value is -2.64. The Bertz CT molecular complexity index is 1280. The van der Waals surface area contributed by atoms with Gasteiger partial charge in [-0.15, -0.1) is 11.3 Å². The van der Waals surface area contributed by atoms with Crippen molar-refractivity contribution < 1.29 is 19.7 Å². The van der Waals surface area contributed by atoms with E-state index in [2.05, 4.69) is 13.8 Å². The fourth-order valence-corrected chi connectivity index (χ4v) is 6.25. The summed E-state index contributed by atoms with van der Waals surface area (Å²) in [7, 11) is 1.58. The number of pyridine rings is 1. The van der Waals surface area contributed by atoms with Gasteiger partial charge in [-0.1, -0.05) is 13.8 Å². The molecule has 3 aromatic rings. The van der Waals surface area contributed by atoms with E-state index in [1.165, 1.54) is 11.1 Å². The first-order valence-electron chi connectivity index (χ1n) is 10.5. The van der Waals surface area contributed by atoms with E-state index in [9.17, 15) is 19.8 Å². The Labute approximate surface area is 183 Å². The van der Waals surface area contributed by atoms with Gasteiger partial charge in [0, 0.05) is 27.6 Å². The molecule has 0 spiro atoms. The van der Waals surface area contributed by atoms with E-state index in [4.69, 9.17) is 4.74 Å². The number of benzene rings is 1. The van der Waals surface area contributed by atoms with Crippen molar-refractivity contribution in [3.63, 3.8) is 0 Å². The lowest BCUT2D eigenvalue weighted by Crippen LogP contribution is -2.23. The van der Waals surface area contributed by atoms with Crippen LogP contribution in [-0.4, -0.2) is 27.9 Å². The number of hydrogen-bond acceptors (Lipinski definition) is 5. The maximum atomic E-state index is 12.9. The van der Waals surface area contributed by atoms with Gasteiger partial charge in [-0.2, -0.15) is 0 Å². The molecule has 0 saturated heterocycles. The summed E-state index contributed by atoms with van der Waals surface area (Å²) in [5.41, 5.74) is 1.81. The number of thiophene rings is 1. The normalized spacial score (nSPS) is 19.9. The number of carboxylic acids is 1. The molecule has 1 unspecified atom stereocenters. The van der Waals surface area contributed by atoms with Crippen LogP contribution in [0.5, 0.6) is 5.75 Å². The van der Waals surface area contributed by atoms with Gasteiger partial charge in [0.15, 0.2) is 5.75 Å². The number of carbonyl (C=O) groups is 1. The van der Waals surface area contributed by atoms with Crippen molar-refractivity contribution in [1.29, 1.82) is 0 Å². The highest BCUT2D eigenvalue weighted by atomic mass is 32.1. The SMILES string of the molecule is COc1c(-c2cc3c(s2)CC(C)(C)CC3O)ccc2c(=O)c(C(=O)O)cn(C3CC3)c12. The first-order valence-corrected chi connectivity index (χ1v) is 11.3. The molecule has 5 rings (SSSR count). The van der Waals surface area contributed by atoms with Gasteiger partial charge in [-0.3, -0.25) is 4.79 Å². The van der Waals surface area contributed by atoms with E-state index in [1.807, 2.05) is 16.7 Å². The number of aromatic nitrogens is 1. The molecule has 1 saturated carbocycles. The molecule has 162 valence electrons. The number of fused-ring (bicyclic) bond motifs is 2. The van der Waals surface area contributed by atoms with Gasteiger partial charge in [-0.25, -0.2) is 4.79 Å². The highest BCUT2D eigenvalue weighted by Crippen LogP contribution is 2.49. The zero-order valence-corrected chi connectivity index (χ0v) is 18.6. The van der Waals surface area contributed by atoms with E-state index in [-0.39, 0.29) is 17.0 Å². The Morgan fingerprint density at radius 1 is 1.29 bits per heavy atom. The highest BCUT2D eigenvalue weighted by molar-refractivity contribution is 7.15. The maximum Gasteiger partial charge on any atom is 0.341 e. The van der Waals surface area contributed by atoms with Crippen molar-refractivity contribution in [1.82, 2.24) is 4.57 Å². The summed E-state index contributed by atoms with van der Waals surface area (Å²) in [4.78, 5) is 26.7. The molecule has 0 amide bonds. The topological polar surface area (TPSA) is 88.8 Å². The van der Waals surface area contributed by atoms with E-state index < -0.39 is 17.5 Å². The molecule has 1 fully saturated rings. The van der Waals surface area contributed by atoms with Gasteiger partial charge in [0.25, 0.3) is 0 Å². The molecule has 1 aromatic carbocycles. The summed E-state index contributed by atoms with van der Waals surface area (Å²) < 4.78 is 7.72. The van der Waals surface area contributed by atoms with Crippen LogP contribution in [0.3, 0.4) is 0 Å². The molecule has 6 nitrogen and oxygen atoms in total. The Morgan fingerprint density at radius 3 is 2.68 bits per heavy atom. The molecule has 0 bridgehead atoms. The summed E-state index contributed by atoms with van der Waals surface area (Å²) in [5.74, 6) is -0.641. The first-order chi connectivity index (χ1) is 14.7. The summed E-state index contributed by atoms with van der Waals surface area (Å²) in [6.07, 6.45) is 4.50. The summed E-state index contributed by atoms with van der Waals surface area (Å²) in [6.45, 7) is 4.34. The predicted molar refractivity (Wildman–Crippen MR) is 120 cm³/mol. The summed E-state index contributed by atoms with van der Waals surface area (Å²) in [6, 6.07) is 5.75. The molecule has 2 aliphatic carbocycles. The van der Waals surface area contributed by atoms with Gasteiger partial charge < -0.3 is 19.5 Å². The Morgan fingerprint density at radius 2 is 2.03 bits per heavy atom. The van der Waals surface area contributed by atoms with Gasteiger partial charge in [-0.05, 0) is 54.9 Å². The monoisotopic (exact) mass is 439 g/mol. The van der Waals surface area contributed by atoms with Crippen LogP contribution in [0.1, 0.15) is 66.1 Å². The number of hydrogen-bond donors (Lipinski definition) is 2. The number of rotatable bonds is 4. The summed E-state index contributed by atoms with van der Waals surface area (Å²) in [5, 5.41) is 20.5. The third kappa shape index (κ3) is 3.27. The van der Waals surface area contributed by atoms with Crippen LogP contribution in [0.2, 0.25) is 0 Å². The maximum absolute atomic E-state index is 12.9. The van der Waals surface area contributed by atoms with Gasteiger partial charge in [0.05, 0.1) is 24.1 Å². The zero-order chi connectivity index (χ0) is 22.1. The van der Waals surface area contributed by atoms with Crippen molar-refractivity contribution >= 4 is 28.2 Å². The van der Waals surface area contributed by atoms with Crippen molar-refractivity contribution in [2.75, 3.05) is 7.11 Å². The predicted octanol–water partition coefficient (Wildman–Crippen LogP) is 4.78. The van der Waals surface area contributed by atoms with Crippen molar-refractivity contribution in [3.8, 4) is 16.2 Å². The average molecular weight is 440 g/mol. The third-order valence-electron chi connectivity index (χ3n) is 6.37. The number of aromatic carboxylic acids is 1. The molecular weight excluding hydrogens is 414 g/mol. The van der Waals surface area contributed by atoms with Crippen molar-refractivity contribution in [2.24, 2.45) is 5.41 Å². The minimum absolute atomic E-state index is 0.0434. The summed E-state index contributed by atoms with van der Waals surface area (Å²) >= 11 is 1.65. The lowest BCUT2D eigenvalue weighted by atomic mass is 9.76. The van der Waals surface area contributed by atoms with Gasteiger partial charge in [0.1, 0.15) is 5.56 Å². The number of ether oxygens (including phenoxy) is 1. The third-order valence-corrected chi connectivity index (χ3v) is 7.56. The van der Waals surface area contributed by atoms with E-state index in [0.717, 1.165) is 41.7 Å². The number of aliphatic hydroxyl groups is 1. The molecular formula is C24H25NO5S. The quantitative estimate of drug-likeness (QED) is 0.611. The van der Waals surface area contributed by atoms with E-state index >= 15 is 0 Å². The van der Waals surface area contributed by atoms with Crippen LogP contribution < -0.4 is 10.2 Å². The fraction of sp³-hybridized carbons (Fsp3) is 0.417. The molecule has 2 N–H and O–H groups in total. The number of carboxylic acid groups (broad SMARTS) is 1. The molecule has 2 heterocycles. The molecule has 1 atom stereocenters. The second-order valence-electron chi connectivity index (χ2n) is 9.41. The Kier molecular flexibility index (Phi) is 4.53. The van der Waals surface area contributed by atoms with Crippen LogP contribution in [-0.2, 0) is 6.42 Å². The van der Waals surface area contributed by atoms with Crippen LogP contribution in [0, 0.1) is 5.41 Å². The van der Waals surface area contributed by atoms with E-state index in [0.29, 0.717) is 16.7 Å². The standard InChI is InChI=1S/C24H25NO5S/c1-24(2)9-17(26)15-8-18(31-19(15)10-24)13-6-7-14-20(22(13)30-3)25(12-4-5-12)11-16(21(14)27)23(28)29/h6-8,11-12,17,26H,4-5,9-10H2,1-3H3,(H,28,29). The number of aliphatic hydroxyl groups excluding tert-OH is 1. The second-order valence-corrected chi connectivity index (χ2v) is 10.5. The second kappa shape index (κ2) is 6.93. The van der Waals surface area contributed by atoms with Crippen LogP contribution >= 0.6 is 11.3 Å². The Balaban J connectivity index is 1.75. The number of nitrogens with zero attached hydrogens (tertiary/aromatic N) is 1. The largest absolute Gasteiger partial charge is 0.494 e. The minimum atomic E-state index is -1.22. The molecule has 0 aliphatic heterocycles. The molecule has 7 heteroatoms. The molecule has 2 aromatic heterocycles. The lowest BCUT2D eigenvalue weighted by Gasteiger charge is -2.32. The fourth-order valence-electron chi connectivity index (χ4n) is 4.75. The van der Waals surface area contributed by atoms with Gasteiger partial charge >= 0.3 is 5.97 Å². The molecule has 2 aliphatic rings. The average Bonchev–Trinajstić information content (AvgIpc) is 3.45. The molecule has 31 heavy (non-hydrogen) atoms. The molecule has 0 radical (unpaired) electrons. The first kappa shape index (κ1) is 20.3. The van der Waals surface area contributed by atoms with Crippen molar-refractivity contribution in [3.05, 3.63) is 50.6 Å². The van der Waals surface area contributed by atoms with Crippen LogP contribution in [0.25, 0.3) is 21.3 Å². The van der Waals surface area contributed by atoms with Gasteiger partial charge in [0.2, 0.25) is 5.43 Å². The zero-order valence-electron chi connectivity index (χ0n) is 17.8. The van der Waals surface area contributed by atoms with E-state index in [1.54, 1.807) is 24.5 Å². The van der Waals surface area contributed by atoms with Crippen molar-refractivity contribution in [2.45, 2.75) is 51.7 Å². The highest BCUT2D eigenvalue weighted by Gasteiger charge is 2.34. The van der Waals surface area contributed by atoms with Crippen LogP contribution in [0.4, 0.5) is 0 Å². The lowest BCUT2D eigenvalue weighted by molar-refractivity contribution is 0.0694. The number of methoxy groups -OCH3 is 1. The minimum Gasteiger partial charge on any atom is -0.494 e. The smallest absolute Gasteiger partial charge is 0.341 e.